The maximum absolute atomic E-state index is 13.0. The van der Waals surface area contributed by atoms with E-state index in [2.05, 4.69) is 5.32 Å². The largest absolute Gasteiger partial charge is 0.482 e. The Morgan fingerprint density at radius 3 is 2.39 bits per heavy atom. The van der Waals surface area contributed by atoms with Crippen molar-refractivity contribution in [2.24, 2.45) is 5.92 Å². The second-order valence-corrected chi connectivity index (χ2v) is 7.93. The highest BCUT2D eigenvalue weighted by atomic mass is 16.5. The molecule has 2 aliphatic rings. The van der Waals surface area contributed by atoms with Crippen LogP contribution in [0.2, 0.25) is 0 Å². The third-order valence-corrected chi connectivity index (χ3v) is 5.81. The Morgan fingerprint density at radius 1 is 1.09 bits per heavy atom. The molecule has 0 aromatic heterocycles. The molecule has 2 aromatic rings. The fraction of sp³-hybridized carbons (Fsp3) is 0.292. The first-order chi connectivity index (χ1) is 15.8. The van der Waals surface area contributed by atoms with Crippen molar-refractivity contribution in [1.82, 2.24) is 4.90 Å². The SMILES string of the molecule is CC[C@H](C)[C@@H](C(=O)OCC(=O)c1ccc2c(c1)NC(=O)CO2)N1C(=O)c2ccccc2C1=O. The van der Waals surface area contributed by atoms with Gasteiger partial charge in [0.05, 0.1) is 16.8 Å². The Bertz CT molecular complexity index is 1140. The van der Waals surface area contributed by atoms with Gasteiger partial charge < -0.3 is 14.8 Å². The second kappa shape index (κ2) is 8.85. The number of nitrogens with one attached hydrogen (secondary N) is 1. The minimum absolute atomic E-state index is 0.104. The first-order valence-corrected chi connectivity index (χ1v) is 10.5. The molecule has 2 aliphatic heterocycles. The lowest BCUT2D eigenvalue weighted by Crippen LogP contribution is -2.49. The number of carbonyl (C=O) groups excluding carboxylic acids is 5. The summed E-state index contributed by atoms with van der Waals surface area (Å²) in [5.74, 6) is -2.74. The molecule has 1 N–H and O–H groups in total. The third kappa shape index (κ3) is 4.09. The second-order valence-electron chi connectivity index (χ2n) is 7.93. The molecule has 4 rings (SSSR count). The van der Waals surface area contributed by atoms with E-state index in [9.17, 15) is 24.0 Å². The summed E-state index contributed by atoms with van der Waals surface area (Å²) < 4.78 is 10.5. The summed E-state index contributed by atoms with van der Waals surface area (Å²) in [5.41, 5.74) is 1.04. The van der Waals surface area contributed by atoms with Crippen LogP contribution in [0, 0.1) is 5.92 Å². The number of esters is 1. The number of ketones is 1. The van der Waals surface area contributed by atoms with Crippen LogP contribution < -0.4 is 10.1 Å². The number of rotatable bonds is 7. The first-order valence-electron chi connectivity index (χ1n) is 10.5. The molecule has 170 valence electrons. The minimum atomic E-state index is -1.16. The maximum atomic E-state index is 13.0. The van der Waals surface area contributed by atoms with Gasteiger partial charge in [-0.05, 0) is 36.2 Å². The summed E-state index contributed by atoms with van der Waals surface area (Å²) in [6.45, 7) is 2.89. The molecule has 2 atom stereocenters. The summed E-state index contributed by atoms with van der Waals surface area (Å²) in [5, 5.41) is 2.61. The van der Waals surface area contributed by atoms with Gasteiger partial charge in [-0.25, -0.2) is 4.79 Å². The van der Waals surface area contributed by atoms with Crippen molar-refractivity contribution in [3.63, 3.8) is 0 Å². The quantitative estimate of drug-likeness (QED) is 0.391. The third-order valence-electron chi connectivity index (χ3n) is 5.81. The zero-order valence-corrected chi connectivity index (χ0v) is 18.1. The lowest BCUT2D eigenvalue weighted by Gasteiger charge is -2.28. The predicted octanol–water partition coefficient (Wildman–Crippen LogP) is 2.45. The minimum Gasteiger partial charge on any atom is -0.482 e. The van der Waals surface area contributed by atoms with Crippen LogP contribution in [-0.2, 0) is 14.3 Å². The average molecular weight is 450 g/mol. The van der Waals surface area contributed by atoms with Gasteiger partial charge in [0.1, 0.15) is 11.8 Å². The zero-order chi connectivity index (χ0) is 23.7. The van der Waals surface area contributed by atoms with E-state index < -0.39 is 36.2 Å². The zero-order valence-electron chi connectivity index (χ0n) is 18.1. The number of hydrogen-bond acceptors (Lipinski definition) is 7. The van der Waals surface area contributed by atoms with Crippen LogP contribution >= 0.6 is 0 Å². The Morgan fingerprint density at radius 2 is 1.76 bits per heavy atom. The lowest BCUT2D eigenvalue weighted by molar-refractivity contribution is -0.149. The summed E-state index contributed by atoms with van der Waals surface area (Å²) >= 11 is 0. The predicted molar refractivity (Wildman–Crippen MR) is 116 cm³/mol. The molecule has 9 heteroatoms. The highest BCUT2D eigenvalue weighted by molar-refractivity contribution is 6.22. The van der Waals surface area contributed by atoms with E-state index in [-0.39, 0.29) is 35.1 Å². The van der Waals surface area contributed by atoms with Crippen LogP contribution in [0.3, 0.4) is 0 Å². The van der Waals surface area contributed by atoms with Gasteiger partial charge in [-0.3, -0.25) is 24.1 Å². The van der Waals surface area contributed by atoms with Crippen LogP contribution in [0.5, 0.6) is 5.75 Å². The van der Waals surface area contributed by atoms with Crippen molar-refractivity contribution in [1.29, 1.82) is 0 Å². The Kier molecular flexibility index (Phi) is 5.95. The van der Waals surface area contributed by atoms with Crippen molar-refractivity contribution in [2.75, 3.05) is 18.5 Å². The van der Waals surface area contributed by atoms with E-state index in [1.165, 1.54) is 24.3 Å². The van der Waals surface area contributed by atoms with Gasteiger partial charge in [-0.1, -0.05) is 32.4 Å². The molecule has 0 unspecified atom stereocenters. The van der Waals surface area contributed by atoms with Crippen molar-refractivity contribution in [3.8, 4) is 5.75 Å². The molecule has 0 saturated carbocycles. The maximum Gasteiger partial charge on any atom is 0.330 e. The van der Waals surface area contributed by atoms with E-state index in [1.807, 2.05) is 6.92 Å². The first kappa shape index (κ1) is 22.2. The topological polar surface area (TPSA) is 119 Å². The van der Waals surface area contributed by atoms with Gasteiger partial charge in [-0.15, -0.1) is 0 Å². The van der Waals surface area contributed by atoms with Crippen molar-refractivity contribution < 1.29 is 33.4 Å². The van der Waals surface area contributed by atoms with E-state index in [0.29, 0.717) is 17.9 Å². The van der Waals surface area contributed by atoms with Crippen molar-refractivity contribution >= 4 is 35.2 Å². The number of amides is 3. The van der Waals surface area contributed by atoms with Crippen molar-refractivity contribution in [2.45, 2.75) is 26.3 Å². The van der Waals surface area contributed by atoms with E-state index in [4.69, 9.17) is 9.47 Å². The van der Waals surface area contributed by atoms with Gasteiger partial charge in [0, 0.05) is 5.56 Å². The lowest BCUT2D eigenvalue weighted by atomic mass is 9.97. The Hall–Kier alpha value is -4.01. The molecular formula is C24H22N2O7. The van der Waals surface area contributed by atoms with Gasteiger partial charge in [0.25, 0.3) is 17.7 Å². The highest BCUT2D eigenvalue weighted by Crippen LogP contribution is 2.30. The number of carbonyl (C=O) groups is 5. The Balaban J connectivity index is 1.49. The molecule has 0 aliphatic carbocycles. The average Bonchev–Trinajstić information content (AvgIpc) is 3.07. The van der Waals surface area contributed by atoms with Crippen LogP contribution in [0.25, 0.3) is 0 Å². The number of imide groups is 1. The van der Waals surface area contributed by atoms with Crippen LogP contribution in [0.4, 0.5) is 5.69 Å². The number of nitrogens with zero attached hydrogens (tertiary/aromatic N) is 1. The number of hydrogen-bond donors (Lipinski definition) is 1. The summed E-state index contributed by atoms with van der Waals surface area (Å²) in [6.07, 6.45) is 0.506. The molecule has 0 radical (unpaired) electrons. The summed E-state index contributed by atoms with van der Waals surface area (Å²) in [6, 6.07) is 9.70. The number of Topliss-reactive ketones (excluding diaryl/α,β-unsaturated/α-hetero) is 1. The van der Waals surface area contributed by atoms with Crippen LogP contribution in [0.1, 0.15) is 51.3 Å². The monoisotopic (exact) mass is 450 g/mol. The van der Waals surface area contributed by atoms with Gasteiger partial charge in [0.15, 0.2) is 19.0 Å². The number of benzene rings is 2. The molecule has 2 aromatic carbocycles. The molecule has 2 heterocycles. The molecule has 0 bridgehead atoms. The molecule has 3 amide bonds. The molecular weight excluding hydrogens is 428 g/mol. The van der Waals surface area contributed by atoms with E-state index in [1.54, 1.807) is 25.1 Å². The normalized spacial score (nSPS) is 16.3. The van der Waals surface area contributed by atoms with Crippen LogP contribution in [0.15, 0.2) is 42.5 Å². The van der Waals surface area contributed by atoms with Crippen LogP contribution in [-0.4, -0.2) is 53.6 Å². The summed E-state index contributed by atoms with van der Waals surface area (Å²) in [4.78, 5) is 63.8. The number of ether oxygens (including phenoxy) is 2. The Labute approximate surface area is 189 Å². The molecule has 0 saturated heterocycles. The molecule has 9 nitrogen and oxygen atoms in total. The summed E-state index contributed by atoms with van der Waals surface area (Å²) in [7, 11) is 0. The molecule has 0 fully saturated rings. The standard InChI is InChI=1S/C24H22N2O7/c1-3-13(2)21(26-22(29)15-6-4-5-7-16(15)23(26)30)24(31)33-11-18(27)14-8-9-19-17(10-14)25-20(28)12-32-19/h4-10,13,21H,3,11-12H2,1-2H3,(H,25,28)/t13-,21-/m0/s1. The van der Waals surface area contributed by atoms with E-state index in [0.717, 1.165) is 4.90 Å². The molecule has 33 heavy (non-hydrogen) atoms. The fourth-order valence-electron chi connectivity index (χ4n) is 3.84. The van der Waals surface area contributed by atoms with Gasteiger partial charge in [0.2, 0.25) is 0 Å². The smallest absolute Gasteiger partial charge is 0.330 e. The fourth-order valence-corrected chi connectivity index (χ4v) is 3.84. The highest BCUT2D eigenvalue weighted by Gasteiger charge is 2.45. The van der Waals surface area contributed by atoms with Gasteiger partial charge >= 0.3 is 5.97 Å². The van der Waals surface area contributed by atoms with Gasteiger partial charge in [-0.2, -0.15) is 0 Å². The molecule has 0 spiro atoms. The number of anilines is 1. The number of fused-ring (bicyclic) bond motifs is 2. The van der Waals surface area contributed by atoms with E-state index >= 15 is 0 Å². The van der Waals surface area contributed by atoms with Crippen molar-refractivity contribution in [3.05, 3.63) is 59.2 Å².